The van der Waals surface area contributed by atoms with Gasteiger partial charge in [-0.3, -0.25) is 4.79 Å². The lowest BCUT2D eigenvalue weighted by Crippen LogP contribution is -2.37. The molecule has 0 aromatic heterocycles. The number of thioether (sulfide) groups is 1. The minimum atomic E-state index is -0.686. The van der Waals surface area contributed by atoms with Crippen LogP contribution in [0.25, 0.3) is 0 Å². The molecule has 5 nitrogen and oxygen atoms in total. The fraction of sp³-hybridized carbons (Fsp3) is 0.875. The molecular weight excluding hydrogens is 304 g/mol. The summed E-state index contributed by atoms with van der Waals surface area (Å²) in [6, 6.07) is 0. The molecule has 2 fully saturated rings. The lowest BCUT2D eigenvalue weighted by Gasteiger charge is -2.37. The maximum atomic E-state index is 12.3. The molecule has 0 unspecified atom stereocenters. The van der Waals surface area contributed by atoms with Crippen molar-refractivity contribution in [2.45, 2.75) is 63.9 Å². The fourth-order valence-electron chi connectivity index (χ4n) is 3.21. The Labute approximate surface area is 136 Å². The Morgan fingerprint density at radius 3 is 2.59 bits per heavy atom. The van der Waals surface area contributed by atoms with E-state index >= 15 is 0 Å². The Kier molecular flexibility index (Phi) is 6.15. The van der Waals surface area contributed by atoms with Gasteiger partial charge in [0.05, 0.1) is 6.61 Å². The number of rotatable bonds is 4. The number of carbonyl (C=O) groups excluding carboxylic acids is 2. The van der Waals surface area contributed by atoms with E-state index in [1.54, 1.807) is 0 Å². The molecule has 0 bridgehead atoms. The highest BCUT2D eigenvalue weighted by atomic mass is 32.2. The second kappa shape index (κ2) is 7.68. The van der Waals surface area contributed by atoms with Gasteiger partial charge < -0.3 is 14.2 Å². The van der Waals surface area contributed by atoms with Crippen molar-refractivity contribution >= 4 is 23.7 Å². The summed E-state index contributed by atoms with van der Waals surface area (Å²) < 4.78 is 16.2. The Bertz CT molecular complexity index is 411. The van der Waals surface area contributed by atoms with Gasteiger partial charge in [-0.1, -0.05) is 39.0 Å². The highest BCUT2D eigenvalue weighted by Gasteiger charge is 2.39. The van der Waals surface area contributed by atoms with Gasteiger partial charge in [-0.05, 0) is 30.6 Å². The maximum Gasteiger partial charge on any atom is 0.346 e. The Morgan fingerprint density at radius 1 is 1.23 bits per heavy atom. The summed E-state index contributed by atoms with van der Waals surface area (Å²) in [5.41, 5.74) is -1.10. The molecule has 1 aliphatic heterocycles. The quantitative estimate of drug-likeness (QED) is 0.739. The predicted octanol–water partition coefficient (Wildman–Crippen LogP) is 2.97. The monoisotopic (exact) mass is 330 g/mol. The fourth-order valence-corrected chi connectivity index (χ4v) is 4.16. The van der Waals surface area contributed by atoms with E-state index in [1.807, 2.05) is 0 Å². The first kappa shape index (κ1) is 17.6. The van der Waals surface area contributed by atoms with Crippen LogP contribution in [-0.2, 0) is 23.8 Å². The summed E-state index contributed by atoms with van der Waals surface area (Å²) in [7, 11) is 0. The standard InChI is InChI=1S/C16H26O5S/c1-9(2)12-6-5-10(3)7-13(12)21-15(18)16-19-8-14(22-16)20-11(4)17/h9-10,12-14,16H,5-8H2,1-4H3/t10-,12+,13-,14+,16+/m1/s1. The normalized spacial score (nSPS) is 35.4. The number of carbonyl (C=O) groups is 2. The molecule has 0 aromatic rings. The van der Waals surface area contributed by atoms with Crippen LogP contribution >= 0.6 is 11.8 Å². The van der Waals surface area contributed by atoms with Crippen LogP contribution in [0.2, 0.25) is 0 Å². The van der Waals surface area contributed by atoms with E-state index in [2.05, 4.69) is 20.8 Å². The van der Waals surface area contributed by atoms with Crippen molar-refractivity contribution in [1.82, 2.24) is 0 Å². The number of ether oxygens (including phenoxy) is 3. The first-order valence-corrected chi connectivity index (χ1v) is 8.96. The van der Waals surface area contributed by atoms with Gasteiger partial charge in [0.1, 0.15) is 6.10 Å². The highest BCUT2D eigenvalue weighted by molar-refractivity contribution is 8.01. The van der Waals surface area contributed by atoms with Crippen molar-refractivity contribution in [2.75, 3.05) is 6.61 Å². The first-order chi connectivity index (χ1) is 10.4. The van der Waals surface area contributed by atoms with Crippen molar-refractivity contribution in [3.8, 4) is 0 Å². The van der Waals surface area contributed by atoms with Crippen LogP contribution in [0, 0.1) is 17.8 Å². The van der Waals surface area contributed by atoms with E-state index in [0.29, 0.717) is 17.8 Å². The molecule has 22 heavy (non-hydrogen) atoms. The zero-order valence-corrected chi connectivity index (χ0v) is 14.6. The van der Waals surface area contributed by atoms with Crippen LogP contribution in [0.1, 0.15) is 47.0 Å². The average Bonchev–Trinajstić information content (AvgIpc) is 2.86. The minimum Gasteiger partial charge on any atom is -0.459 e. The molecule has 0 N–H and O–H groups in total. The summed E-state index contributed by atoms with van der Waals surface area (Å²) in [4.78, 5) is 23.3. The van der Waals surface area contributed by atoms with E-state index in [9.17, 15) is 9.59 Å². The molecule has 0 spiro atoms. The Hall–Kier alpha value is -0.750. The van der Waals surface area contributed by atoms with E-state index in [0.717, 1.165) is 12.8 Å². The van der Waals surface area contributed by atoms with Crippen LogP contribution in [0.3, 0.4) is 0 Å². The number of hydrogen-bond acceptors (Lipinski definition) is 6. The van der Waals surface area contributed by atoms with Crippen LogP contribution in [0.4, 0.5) is 0 Å². The molecule has 0 aromatic carbocycles. The second-order valence-corrected chi connectivity index (χ2v) is 7.87. The van der Waals surface area contributed by atoms with Crippen LogP contribution in [-0.4, -0.2) is 35.5 Å². The lowest BCUT2D eigenvalue weighted by molar-refractivity contribution is -0.163. The van der Waals surface area contributed by atoms with Gasteiger partial charge in [-0.2, -0.15) is 0 Å². The zero-order chi connectivity index (χ0) is 16.3. The molecule has 1 saturated heterocycles. The molecule has 1 saturated carbocycles. The van der Waals surface area contributed by atoms with Crippen LogP contribution < -0.4 is 0 Å². The van der Waals surface area contributed by atoms with Crippen molar-refractivity contribution in [2.24, 2.45) is 17.8 Å². The molecule has 126 valence electrons. The molecular formula is C16H26O5S. The molecule has 2 aliphatic rings. The van der Waals surface area contributed by atoms with E-state index in [-0.39, 0.29) is 24.6 Å². The van der Waals surface area contributed by atoms with Crippen LogP contribution in [0.15, 0.2) is 0 Å². The summed E-state index contributed by atoms with van der Waals surface area (Å²) in [5, 5.41) is 0. The minimum absolute atomic E-state index is 0.0341. The largest absolute Gasteiger partial charge is 0.459 e. The van der Waals surface area contributed by atoms with Gasteiger partial charge >= 0.3 is 11.9 Å². The first-order valence-electron chi connectivity index (χ1n) is 8.01. The third-order valence-corrected chi connectivity index (χ3v) is 5.49. The molecule has 0 radical (unpaired) electrons. The van der Waals surface area contributed by atoms with Gasteiger partial charge in [0.15, 0.2) is 5.44 Å². The van der Waals surface area contributed by atoms with E-state index < -0.39 is 10.9 Å². The Morgan fingerprint density at radius 2 is 1.95 bits per heavy atom. The SMILES string of the molecule is CC(=O)O[C@@H]1CO[C@H](C(=O)O[C@@H]2C[C@H](C)CC[C@H]2C(C)C)S1. The molecule has 0 amide bonds. The summed E-state index contributed by atoms with van der Waals surface area (Å²) in [6.07, 6.45) is 3.18. The summed E-state index contributed by atoms with van der Waals surface area (Å²) in [5.74, 6) is 0.784. The molecule has 2 rings (SSSR count). The Balaban J connectivity index is 1.88. The van der Waals surface area contributed by atoms with Gasteiger partial charge in [-0.25, -0.2) is 4.79 Å². The maximum absolute atomic E-state index is 12.3. The molecule has 6 heteroatoms. The van der Waals surface area contributed by atoms with Crippen molar-refractivity contribution in [3.05, 3.63) is 0 Å². The third-order valence-electron chi connectivity index (χ3n) is 4.38. The van der Waals surface area contributed by atoms with Crippen molar-refractivity contribution in [3.63, 3.8) is 0 Å². The van der Waals surface area contributed by atoms with Gasteiger partial charge in [0.25, 0.3) is 0 Å². The van der Waals surface area contributed by atoms with Crippen molar-refractivity contribution in [1.29, 1.82) is 0 Å². The average molecular weight is 330 g/mol. The second-order valence-electron chi connectivity index (χ2n) is 6.64. The van der Waals surface area contributed by atoms with E-state index in [4.69, 9.17) is 14.2 Å². The van der Waals surface area contributed by atoms with E-state index in [1.165, 1.54) is 25.1 Å². The lowest BCUT2D eigenvalue weighted by atomic mass is 9.75. The van der Waals surface area contributed by atoms with Gasteiger partial charge in [0.2, 0.25) is 5.44 Å². The predicted molar refractivity (Wildman–Crippen MR) is 84.1 cm³/mol. The summed E-state index contributed by atoms with van der Waals surface area (Å²) >= 11 is 1.21. The molecule has 1 aliphatic carbocycles. The summed E-state index contributed by atoms with van der Waals surface area (Å²) in [6.45, 7) is 8.15. The van der Waals surface area contributed by atoms with Crippen LogP contribution in [0.5, 0.6) is 0 Å². The van der Waals surface area contributed by atoms with Gasteiger partial charge in [0, 0.05) is 6.92 Å². The number of hydrogen-bond donors (Lipinski definition) is 0. The zero-order valence-electron chi connectivity index (χ0n) is 13.7. The highest BCUT2D eigenvalue weighted by Crippen LogP contribution is 2.37. The van der Waals surface area contributed by atoms with Crippen molar-refractivity contribution < 1.29 is 23.8 Å². The molecule has 1 heterocycles. The number of esters is 2. The third kappa shape index (κ3) is 4.62. The van der Waals surface area contributed by atoms with Gasteiger partial charge in [-0.15, -0.1) is 0 Å². The molecule has 5 atom stereocenters. The smallest absolute Gasteiger partial charge is 0.346 e. The topological polar surface area (TPSA) is 61.8 Å².